The summed E-state index contributed by atoms with van der Waals surface area (Å²) in [5, 5.41) is 9.44. The van der Waals surface area contributed by atoms with Crippen LogP contribution in [0.3, 0.4) is 0 Å². The molecule has 0 fully saturated rings. The van der Waals surface area contributed by atoms with Crippen molar-refractivity contribution in [3.63, 3.8) is 0 Å². The molecule has 0 spiro atoms. The number of hydrogen-bond donors (Lipinski definition) is 1. The maximum absolute atomic E-state index is 10.7. The van der Waals surface area contributed by atoms with E-state index in [1.807, 2.05) is 30.3 Å². The largest absolute Gasteiger partial charge is 0.497 e. The van der Waals surface area contributed by atoms with Gasteiger partial charge in [0.2, 0.25) is 0 Å². The fraction of sp³-hybridized carbons (Fsp3) is 0.0769. The Morgan fingerprint density at radius 1 is 1.44 bits per heavy atom. The molecule has 0 unspecified atom stereocenters. The van der Waals surface area contributed by atoms with Gasteiger partial charge in [-0.05, 0) is 23.8 Å². The molecule has 0 aliphatic rings. The standard InChI is InChI=1S/C13H11NO3S/c1-17-10-4-2-3-9(7-10)5-6-12-14-8-11(18-12)13(15)16/h2-8H,1H3,(H,15,16)/b6-5-. The summed E-state index contributed by atoms with van der Waals surface area (Å²) < 4.78 is 5.12. The van der Waals surface area contributed by atoms with Crippen molar-refractivity contribution < 1.29 is 14.6 Å². The van der Waals surface area contributed by atoms with E-state index >= 15 is 0 Å². The second kappa shape index (κ2) is 5.46. The van der Waals surface area contributed by atoms with Gasteiger partial charge in [-0.25, -0.2) is 9.78 Å². The Morgan fingerprint density at radius 3 is 2.94 bits per heavy atom. The minimum Gasteiger partial charge on any atom is -0.497 e. The zero-order valence-electron chi connectivity index (χ0n) is 9.66. The van der Waals surface area contributed by atoms with E-state index < -0.39 is 5.97 Å². The highest BCUT2D eigenvalue weighted by Crippen LogP contribution is 2.18. The predicted octanol–water partition coefficient (Wildman–Crippen LogP) is 3.02. The molecule has 18 heavy (non-hydrogen) atoms. The smallest absolute Gasteiger partial charge is 0.347 e. The monoisotopic (exact) mass is 261 g/mol. The fourth-order valence-corrected chi connectivity index (χ4v) is 2.04. The van der Waals surface area contributed by atoms with Gasteiger partial charge in [0, 0.05) is 0 Å². The van der Waals surface area contributed by atoms with Crippen LogP contribution in [0.1, 0.15) is 20.2 Å². The van der Waals surface area contributed by atoms with Gasteiger partial charge in [0.25, 0.3) is 0 Å². The lowest BCUT2D eigenvalue weighted by Crippen LogP contribution is -1.89. The molecule has 4 nitrogen and oxygen atoms in total. The van der Waals surface area contributed by atoms with Gasteiger partial charge in [-0.1, -0.05) is 18.2 Å². The van der Waals surface area contributed by atoms with E-state index in [4.69, 9.17) is 9.84 Å². The molecular formula is C13H11NO3S. The number of carbonyl (C=O) groups is 1. The van der Waals surface area contributed by atoms with Gasteiger partial charge in [-0.2, -0.15) is 0 Å². The molecule has 0 aliphatic heterocycles. The molecule has 0 radical (unpaired) electrons. The molecule has 0 aliphatic carbocycles. The van der Waals surface area contributed by atoms with Crippen LogP contribution in [0.5, 0.6) is 5.75 Å². The van der Waals surface area contributed by atoms with E-state index in [2.05, 4.69) is 4.98 Å². The fourth-order valence-electron chi connectivity index (χ4n) is 1.38. The number of ether oxygens (including phenoxy) is 1. The van der Waals surface area contributed by atoms with Crippen molar-refractivity contribution in [1.82, 2.24) is 4.98 Å². The first-order valence-electron chi connectivity index (χ1n) is 5.20. The van der Waals surface area contributed by atoms with Crippen LogP contribution in [0, 0.1) is 0 Å². The van der Waals surface area contributed by atoms with Gasteiger partial charge < -0.3 is 9.84 Å². The van der Waals surface area contributed by atoms with Crippen molar-refractivity contribution in [2.45, 2.75) is 0 Å². The van der Waals surface area contributed by atoms with Crippen molar-refractivity contribution >= 4 is 29.5 Å². The van der Waals surface area contributed by atoms with Crippen molar-refractivity contribution in [3.8, 4) is 5.75 Å². The zero-order valence-corrected chi connectivity index (χ0v) is 10.5. The maximum Gasteiger partial charge on any atom is 0.347 e. The summed E-state index contributed by atoms with van der Waals surface area (Å²) in [4.78, 5) is 15.0. The summed E-state index contributed by atoms with van der Waals surface area (Å²) in [6.07, 6.45) is 5.01. The van der Waals surface area contributed by atoms with Crippen LogP contribution in [0.4, 0.5) is 0 Å². The lowest BCUT2D eigenvalue weighted by atomic mass is 10.2. The van der Waals surface area contributed by atoms with E-state index in [0.717, 1.165) is 22.6 Å². The molecule has 1 aromatic heterocycles. The van der Waals surface area contributed by atoms with Crippen LogP contribution in [0.15, 0.2) is 30.5 Å². The van der Waals surface area contributed by atoms with Crippen LogP contribution in [-0.4, -0.2) is 23.2 Å². The van der Waals surface area contributed by atoms with Crippen molar-refractivity contribution in [2.24, 2.45) is 0 Å². The summed E-state index contributed by atoms with van der Waals surface area (Å²) in [6.45, 7) is 0. The highest BCUT2D eigenvalue weighted by Gasteiger charge is 2.06. The third kappa shape index (κ3) is 2.95. The molecule has 2 rings (SSSR count). The normalized spacial score (nSPS) is 10.7. The SMILES string of the molecule is COc1cccc(/C=C\c2ncc(C(=O)O)s2)c1. The Morgan fingerprint density at radius 2 is 2.28 bits per heavy atom. The van der Waals surface area contributed by atoms with Gasteiger partial charge in [0.05, 0.1) is 13.3 Å². The molecule has 92 valence electrons. The summed E-state index contributed by atoms with van der Waals surface area (Å²) in [5.74, 6) is -0.170. The van der Waals surface area contributed by atoms with Crippen LogP contribution in [0.2, 0.25) is 0 Å². The Labute approximate surface area is 108 Å². The number of carboxylic acids is 1. The second-order valence-corrected chi connectivity index (χ2v) is 4.54. The molecule has 5 heteroatoms. The molecule has 1 heterocycles. The number of aromatic carboxylic acids is 1. The molecule has 0 bridgehead atoms. The topological polar surface area (TPSA) is 59.4 Å². The van der Waals surface area contributed by atoms with E-state index in [-0.39, 0.29) is 4.88 Å². The van der Waals surface area contributed by atoms with Crippen molar-refractivity contribution in [1.29, 1.82) is 0 Å². The Balaban J connectivity index is 2.16. The first-order chi connectivity index (χ1) is 8.69. The quantitative estimate of drug-likeness (QED) is 0.919. The predicted molar refractivity (Wildman–Crippen MR) is 71.0 cm³/mol. The van der Waals surface area contributed by atoms with Gasteiger partial charge in [0.15, 0.2) is 0 Å². The van der Waals surface area contributed by atoms with Crippen molar-refractivity contribution in [2.75, 3.05) is 7.11 Å². The first-order valence-corrected chi connectivity index (χ1v) is 6.02. The summed E-state index contributed by atoms with van der Waals surface area (Å²) in [6, 6.07) is 7.58. The third-order valence-electron chi connectivity index (χ3n) is 2.25. The number of aromatic nitrogens is 1. The molecule has 0 atom stereocenters. The molecule has 1 N–H and O–H groups in total. The van der Waals surface area contributed by atoms with E-state index in [9.17, 15) is 4.79 Å². The molecule has 0 amide bonds. The molecule has 1 aromatic carbocycles. The summed E-state index contributed by atoms with van der Waals surface area (Å²) in [7, 11) is 1.61. The van der Waals surface area contributed by atoms with E-state index in [1.165, 1.54) is 6.20 Å². The van der Waals surface area contributed by atoms with Crippen LogP contribution >= 0.6 is 11.3 Å². The van der Waals surface area contributed by atoms with E-state index in [0.29, 0.717) is 5.01 Å². The van der Waals surface area contributed by atoms with Gasteiger partial charge >= 0.3 is 5.97 Å². The van der Waals surface area contributed by atoms with Crippen LogP contribution in [0.25, 0.3) is 12.2 Å². The Bertz CT molecular complexity index is 589. The number of methoxy groups -OCH3 is 1. The third-order valence-corrected chi connectivity index (χ3v) is 3.20. The number of benzene rings is 1. The minimum atomic E-state index is -0.950. The lowest BCUT2D eigenvalue weighted by Gasteiger charge is -1.99. The van der Waals surface area contributed by atoms with Gasteiger partial charge in [-0.15, -0.1) is 11.3 Å². The number of carboxylic acid groups (broad SMARTS) is 1. The highest BCUT2D eigenvalue weighted by molar-refractivity contribution is 7.14. The van der Waals surface area contributed by atoms with Crippen molar-refractivity contribution in [3.05, 3.63) is 45.9 Å². The van der Waals surface area contributed by atoms with Crippen LogP contribution in [-0.2, 0) is 0 Å². The van der Waals surface area contributed by atoms with Crippen LogP contribution < -0.4 is 4.74 Å². The molecule has 0 saturated heterocycles. The lowest BCUT2D eigenvalue weighted by molar-refractivity contribution is 0.0702. The number of thiazole rings is 1. The first kappa shape index (κ1) is 12.3. The molecule has 0 saturated carbocycles. The second-order valence-electron chi connectivity index (χ2n) is 3.48. The highest BCUT2D eigenvalue weighted by atomic mass is 32.1. The minimum absolute atomic E-state index is 0.236. The molecular weight excluding hydrogens is 250 g/mol. The number of rotatable bonds is 4. The average Bonchev–Trinajstić information content (AvgIpc) is 2.85. The van der Waals surface area contributed by atoms with Gasteiger partial charge in [0.1, 0.15) is 15.6 Å². The maximum atomic E-state index is 10.7. The molecule has 2 aromatic rings. The number of nitrogens with zero attached hydrogens (tertiary/aromatic N) is 1. The number of hydrogen-bond acceptors (Lipinski definition) is 4. The Hall–Kier alpha value is -2.14. The summed E-state index contributed by atoms with van der Waals surface area (Å²) in [5.41, 5.74) is 0.974. The zero-order chi connectivity index (χ0) is 13.0. The Kier molecular flexibility index (Phi) is 3.74. The average molecular weight is 261 g/mol. The van der Waals surface area contributed by atoms with E-state index in [1.54, 1.807) is 13.2 Å². The summed E-state index contributed by atoms with van der Waals surface area (Å²) >= 11 is 1.14. The van der Waals surface area contributed by atoms with Gasteiger partial charge in [-0.3, -0.25) is 0 Å².